The van der Waals surface area contributed by atoms with E-state index in [1.807, 2.05) is 5.38 Å². The van der Waals surface area contributed by atoms with Crippen molar-refractivity contribution >= 4 is 33.0 Å². The van der Waals surface area contributed by atoms with Crippen LogP contribution in [0.1, 0.15) is 5.56 Å². The van der Waals surface area contributed by atoms with E-state index >= 15 is 0 Å². The summed E-state index contributed by atoms with van der Waals surface area (Å²) in [5, 5.41) is 21.6. The summed E-state index contributed by atoms with van der Waals surface area (Å²) in [5.41, 5.74) is 0.804. The number of fused-ring (bicyclic) bond motifs is 1. The fraction of sp³-hybridized carbons (Fsp3) is 0.111. The molecular weight excluding hydrogens is 208 g/mol. The van der Waals surface area contributed by atoms with Crippen LogP contribution in [-0.2, 0) is 6.61 Å². The van der Waals surface area contributed by atoms with Gasteiger partial charge in [-0.25, -0.2) is 0 Å². The number of hydrogen-bond acceptors (Lipinski definition) is 3. The molecule has 0 fully saturated rings. The smallest absolute Gasteiger partial charge is 0.134 e. The van der Waals surface area contributed by atoms with Crippen molar-refractivity contribution in [1.29, 1.82) is 0 Å². The molecule has 0 bridgehead atoms. The van der Waals surface area contributed by atoms with Gasteiger partial charge in [-0.3, -0.25) is 0 Å². The zero-order chi connectivity index (χ0) is 9.42. The van der Waals surface area contributed by atoms with E-state index in [1.54, 1.807) is 6.07 Å². The average Bonchev–Trinajstić information content (AvgIpc) is 2.47. The molecule has 0 amide bonds. The number of aliphatic hydroxyl groups excluding tert-OH is 1. The average molecular weight is 215 g/mol. The Hall–Kier alpha value is -0.770. The molecule has 0 aliphatic carbocycles. The molecule has 0 aliphatic rings. The normalized spacial score (nSPS) is 10.9. The summed E-state index contributed by atoms with van der Waals surface area (Å²) in [5.74, 6) is 0.173. The van der Waals surface area contributed by atoms with Gasteiger partial charge < -0.3 is 10.2 Å². The Morgan fingerprint density at radius 1 is 1.38 bits per heavy atom. The number of aliphatic hydroxyl groups is 1. The minimum atomic E-state index is -0.0280. The lowest BCUT2D eigenvalue weighted by Crippen LogP contribution is -1.78. The number of halogens is 1. The molecule has 2 rings (SSSR count). The molecule has 0 spiro atoms. The second kappa shape index (κ2) is 3.18. The van der Waals surface area contributed by atoms with Crippen LogP contribution < -0.4 is 0 Å². The Bertz CT molecular complexity index is 450. The van der Waals surface area contributed by atoms with Crippen LogP contribution in [-0.4, -0.2) is 10.2 Å². The monoisotopic (exact) mass is 214 g/mol. The molecule has 1 heterocycles. The standard InChI is InChI=1S/C9H7ClO2S/c10-6-1-7-5(3-11)4-13-9(7)8(12)2-6/h1-2,4,11-12H,3H2. The van der Waals surface area contributed by atoms with Gasteiger partial charge in [0.25, 0.3) is 0 Å². The molecule has 2 aromatic rings. The van der Waals surface area contributed by atoms with E-state index in [0.717, 1.165) is 15.6 Å². The van der Waals surface area contributed by atoms with Crippen molar-refractivity contribution in [2.45, 2.75) is 6.61 Å². The number of aromatic hydroxyl groups is 1. The molecule has 0 unspecified atom stereocenters. The third kappa shape index (κ3) is 1.39. The maximum absolute atomic E-state index is 9.51. The van der Waals surface area contributed by atoms with E-state index in [1.165, 1.54) is 17.4 Å². The van der Waals surface area contributed by atoms with Crippen molar-refractivity contribution in [2.24, 2.45) is 0 Å². The molecule has 4 heteroatoms. The molecule has 13 heavy (non-hydrogen) atoms. The Labute approximate surface area is 84.0 Å². The highest BCUT2D eigenvalue weighted by Gasteiger charge is 2.07. The minimum absolute atomic E-state index is 0.0280. The van der Waals surface area contributed by atoms with Crippen molar-refractivity contribution in [3.05, 3.63) is 28.1 Å². The van der Waals surface area contributed by atoms with Crippen LogP contribution in [0.5, 0.6) is 5.75 Å². The molecule has 68 valence electrons. The summed E-state index contributed by atoms with van der Waals surface area (Å²) in [4.78, 5) is 0. The number of hydrogen-bond donors (Lipinski definition) is 2. The SMILES string of the molecule is OCc1csc2c(O)cc(Cl)cc12. The summed E-state index contributed by atoms with van der Waals surface area (Å²) in [7, 11) is 0. The largest absolute Gasteiger partial charge is 0.506 e. The molecular formula is C9H7ClO2S. The van der Waals surface area contributed by atoms with Gasteiger partial charge in [0.1, 0.15) is 5.75 Å². The predicted molar refractivity (Wildman–Crippen MR) is 54.4 cm³/mol. The van der Waals surface area contributed by atoms with E-state index in [4.69, 9.17) is 16.7 Å². The van der Waals surface area contributed by atoms with Gasteiger partial charge in [0.05, 0.1) is 11.3 Å². The van der Waals surface area contributed by atoms with Gasteiger partial charge in [0.15, 0.2) is 0 Å². The van der Waals surface area contributed by atoms with Gasteiger partial charge in [0, 0.05) is 10.4 Å². The van der Waals surface area contributed by atoms with Crippen LogP contribution >= 0.6 is 22.9 Å². The van der Waals surface area contributed by atoms with Crippen molar-refractivity contribution in [2.75, 3.05) is 0 Å². The number of rotatable bonds is 1. The molecule has 2 nitrogen and oxygen atoms in total. The van der Waals surface area contributed by atoms with Crippen LogP contribution in [0.4, 0.5) is 0 Å². The second-order valence-corrected chi connectivity index (χ2v) is 4.04. The van der Waals surface area contributed by atoms with Crippen LogP contribution in [0.15, 0.2) is 17.5 Å². The van der Waals surface area contributed by atoms with Crippen molar-refractivity contribution in [3.8, 4) is 5.75 Å². The van der Waals surface area contributed by atoms with E-state index in [9.17, 15) is 5.11 Å². The molecule has 1 aromatic heterocycles. The zero-order valence-corrected chi connectivity index (χ0v) is 8.19. The van der Waals surface area contributed by atoms with E-state index in [-0.39, 0.29) is 12.4 Å². The maximum atomic E-state index is 9.51. The van der Waals surface area contributed by atoms with Crippen LogP contribution in [0.25, 0.3) is 10.1 Å². The zero-order valence-electron chi connectivity index (χ0n) is 6.62. The number of benzene rings is 1. The highest BCUT2D eigenvalue weighted by atomic mass is 35.5. The van der Waals surface area contributed by atoms with E-state index < -0.39 is 0 Å². The fourth-order valence-corrected chi connectivity index (χ4v) is 2.43. The first kappa shape index (κ1) is 8.81. The first-order valence-corrected chi connectivity index (χ1v) is 4.97. The number of phenolic OH excluding ortho intramolecular Hbond substituents is 1. The Balaban J connectivity index is 2.82. The molecule has 2 N–H and O–H groups in total. The third-order valence-corrected chi connectivity index (χ3v) is 3.15. The summed E-state index contributed by atoms with van der Waals surface area (Å²) in [6, 6.07) is 3.25. The predicted octanol–water partition coefficient (Wildman–Crippen LogP) is 2.75. The van der Waals surface area contributed by atoms with Gasteiger partial charge in [-0.1, -0.05) is 11.6 Å². The van der Waals surface area contributed by atoms with Crippen LogP contribution in [0.2, 0.25) is 5.02 Å². The van der Waals surface area contributed by atoms with Gasteiger partial charge in [-0.05, 0) is 23.1 Å². The summed E-state index contributed by atoms with van der Waals surface area (Å²) < 4.78 is 0.772. The second-order valence-electron chi connectivity index (χ2n) is 2.72. The maximum Gasteiger partial charge on any atom is 0.134 e. The third-order valence-electron chi connectivity index (χ3n) is 1.87. The molecule has 0 atom stereocenters. The fourth-order valence-electron chi connectivity index (χ4n) is 1.26. The minimum Gasteiger partial charge on any atom is -0.506 e. The first-order valence-electron chi connectivity index (χ1n) is 3.72. The van der Waals surface area contributed by atoms with Crippen molar-refractivity contribution in [1.82, 2.24) is 0 Å². The highest BCUT2D eigenvalue weighted by Crippen LogP contribution is 2.35. The molecule has 0 radical (unpaired) electrons. The van der Waals surface area contributed by atoms with Gasteiger partial charge in [-0.15, -0.1) is 11.3 Å². The quantitative estimate of drug-likeness (QED) is 0.767. The highest BCUT2D eigenvalue weighted by molar-refractivity contribution is 7.17. The summed E-state index contributed by atoms with van der Waals surface area (Å²) in [6.07, 6.45) is 0. The van der Waals surface area contributed by atoms with Gasteiger partial charge in [0.2, 0.25) is 0 Å². The van der Waals surface area contributed by atoms with E-state index in [0.29, 0.717) is 5.02 Å². The van der Waals surface area contributed by atoms with Gasteiger partial charge in [-0.2, -0.15) is 0 Å². The van der Waals surface area contributed by atoms with Crippen LogP contribution in [0, 0.1) is 0 Å². The molecule has 1 aromatic carbocycles. The lowest BCUT2D eigenvalue weighted by Gasteiger charge is -1.97. The summed E-state index contributed by atoms with van der Waals surface area (Å²) in [6.45, 7) is -0.0280. The van der Waals surface area contributed by atoms with Crippen LogP contribution in [0.3, 0.4) is 0 Å². The molecule has 0 saturated carbocycles. The van der Waals surface area contributed by atoms with Gasteiger partial charge >= 0.3 is 0 Å². The van der Waals surface area contributed by atoms with E-state index in [2.05, 4.69) is 0 Å². The lowest BCUT2D eigenvalue weighted by atomic mass is 10.2. The van der Waals surface area contributed by atoms with Crippen molar-refractivity contribution in [3.63, 3.8) is 0 Å². The Morgan fingerprint density at radius 3 is 2.85 bits per heavy atom. The number of thiophene rings is 1. The first-order chi connectivity index (χ1) is 6.22. The molecule has 0 aliphatic heterocycles. The molecule has 0 saturated heterocycles. The lowest BCUT2D eigenvalue weighted by molar-refractivity contribution is 0.284. The van der Waals surface area contributed by atoms with Crippen molar-refractivity contribution < 1.29 is 10.2 Å². The summed E-state index contributed by atoms with van der Waals surface area (Å²) >= 11 is 7.18. The topological polar surface area (TPSA) is 40.5 Å². The number of phenols is 1. The Kier molecular flexibility index (Phi) is 2.15. The Morgan fingerprint density at radius 2 is 2.15 bits per heavy atom.